The molecule has 112 valence electrons. The molecule has 1 fully saturated rings. The van der Waals surface area contributed by atoms with Gasteiger partial charge in [-0.05, 0) is 24.6 Å². The number of benzene rings is 1. The first kappa shape index (κ1) is 15.5. The normalized spacial score (nSPS) is 17.2. The van der Waals surface area contributed by atoms with Crippen molar-refractivity contribution in [2.24, 2.45) is 0 Å². The zero-order chi connectivity index (χ0) is 15.2. The predicted octanol–water partition coefficient (Wildman–Crippen LogP) is 1.42. The third-order valence-corrected chi connectivity index (χ3v) is 3.45. The van der Waals surface area contributed by atoms with Crippen LogP contribution in [0.5, 0.6) is 0 Å². The number of amides is 1. The van der Waals surface area contributed by atoms with Gasteiger partial charge in [-0.3, -0.25) is 4.79 Å². The van der Waals surface area contributed by atoms with Gasteiger partial charge in [-0.15, -0.1) is 0 Å². The van der Waals surface area contributed by atoms with Crippen molar-refractivity contribution in [3.63, 3.8) is 0 Å². The quantitative estimate of drug-likeness (QED) is 0.857. The van der Waals surface area contributed by atoms with Crippen molar-refractivity contribution in [2.45, 2.75) is 18.9 Å². The van der Waals surface area contributed by atoms with Gasteiger partial charge < -0.3 is 14.7 Å². The number of halogens is 1. The summed E-state index contributed by atoms with van der Waals surface area (Å²) in [7, 11) is 1.72. The highest BCUT2D eigenvalue weighted by molar-refractivity contribution is 5.96. The predicted molar refractivity (Wildman–Crippen MR) is 76.3 cm³/mol. The Balaban J connectivity index is 2.25. The van der Waals surface area contributed by atoms with E-state index in [1.165, 1.54) is 18.2 Å². The molecule has 0 saturated carbocycles. The molecular weight excluding hydrogens is 273 g/mol. The number of likely N-dealkylation sites (N-methyl/N-ethyl adjacent to an activating group) is 1. The molecule has 21 heavy (non-hydrogen) atoms. The third kappa shape index (κ3) is 3.81. The molecule has 0 radical (unpaired) electrons. The van der Waals surface area contributed by atoms with Gasteiger partial charge in [-0.2, -0.15) is 0 Å². The summed E-state index contributed by atoms with van der Waals surface area (Å²) in [5.41, 5.74) is 0.718. The van der Waals surface area contributed by atoms with E-state index in [1.54, 1.807) is 11.9 Å². The largest absolute Gasteiger partial charge is 0.395 e. The molecule has 5 heteroatoms. The van der Waals surface area contributed by atoms with Crippen molar-refractivity contribution in [1.29, 1.82) is 0 Å². The Bertz CT molecular complexity index is 571. The first-order valence-electron chi connectivity index (χ1n) is 6.87. The molecule has 1 saturated heterocycles. The lowest BCUT2D eigenvalue weighted by molar-refractivity contribution is 0.0711. The molecule has 2 rings (SSSR count). The summed E-state index contributed by atoms with van der Waals surface area (Å²) in [6, 6.07) is 3.99. The Labute approximate surface area is 123 Å². The van der Waals surface area contributed by atoms with Crippen LogP contribution in [0.25, 0.3) is 0 Å². The van der Waals surface area contributed by atoms with Gasteiger partial charge in [0.25, 0.3) is 5.91 Å². The molecule has 0 spiro atoms. The highest BCUT2D eigenvalue weighted by Crippen LogP contribution is 2.17. The number of aliphatic hydroxyl groups is 1. The summed E-state index contributed by atoms with van der Waals surface area (Å²) >= 11 is 0. The fourth-order valence-corrected chi connectivity index (χ4v) is 2.20. The Morgan fingerprint density at radius 3 is 3.05 bits per heavy atom. The number of nitrogens with zero attached hydrogens (tertiary/aromatic N) is 1. The molecule has 1 heterocycles. The minimum atomic E-state index is -0.438. The molecule has 0 bridgehead atoms. The van der Waals surface area contributed by atoms with E-state index in [0.717, 1.165) is 6.42 Å². The zero-order valence-electron chi connectivity index (χ0n) is 11.9. The molecule has 1 aromatic carbocycles. The Hall–Kier alpha value is -1.90. The summed E-state index contributed by atoms with van der Waals surface area (Å²) < 4.78 is 18.6. The van der Waals surface area contributed by atoms with Crippen LogP contribution in [0.15, 0.2) is 18.2 Å². The second-order valence-corrected chi connectivity index (χ2v) is 4.90. The number of rotatable bonds is 3. The summed E-state index contributed by atoms with van der Waals surface area (Å²) in [6.45, 7) is 1.11. The van der Waals surface area contributed by atoms with Gasteiger partial charge in [-0.1, -0.05) is 11.8 Å². The van der Waals surface area contributed by atoms with E-state index in [9.17, 15) is 9.18 Å². The molecule has 1 aromatic rings. The number of carbonyl (C=O) groups excluding carboxylic acids is 1. The lowest BCUT2D eigenvalue weighted by atomic mass is 10.1. The van der Waals surface area contributed by atoms with Crippen LogP contribution in [0.3, 0.4) is 0 Å². The summed E-state index contributed by atoms with van der Waals surface area (Å²) in [6.07, 6.45) is 1.09. The van der Waals surface area contributed by atoms with Crippen LogP contribution in [0, 0.1) is 17.7 Å². The molecule has 1 unspecified atom stereocenters. The van der Waals surface area contributed by atoms with Crippen LogP contribution in [0.1, 0.15) is 28.8 Å². The molecule has 0 aliphatic carbocycles. The van der Waals surface area contributed by atoms with E-state index in [2.05, 4.69) is 11.8 Å². The maximum absolute atomic E-state index is 13.4. The third-order valence-electron chi connectivity index (χ3n) is 3.45. The monoisotopic (exact) mass is 291 g/mol. The Morgan fingerprint density at radius 1 is 1.57 bits per heavy atom. The molecule has 1 amide bonds. The maximum Gasteiger partial charge on any atom is 0.255 e. The van der Waals surface area contributed by atoms with Gasteiger partial charge >= 0.3 is 0 Å². The van der Waals surface area contributed by atoms with Crippen molar-refractivity contribution >= 4 is 5.91 Å². The number of aliphatic hydroxyl groups excluding tert-OH is 1. The molecule has 1 atom stereocenters. The lowest BCUT2D eigenvalue weighted by Crippen LogP contribution is -2.37. The summed E-state index contributed by atoms with van der Waals surface area (Å²) in [5.74, 6) is 4.84. The lowest BCUT2D eigenvalue weighted by Gasteiger charge is -2.23. The second-order valence-electron chi connectivity index (χ2n) is 4.90. The van der Waals surface area contributed by atoms with E-state index >= 15 is 0 Å². The van der Waals surface area contributed by atoms with E-state index in [4.69, 9.17) is 9.84 Å². The fraction of sp³-hybridized carbons (Fsp3) is 0.438. The van der Waals surface area contributed by atoms with Gasteiger partial charge in [0.2, 0.25) is 0 Å². The average molecular weight is 291 g/mol. The molecular formula is C16H18FNO3. The molecule has 1 aliphatic rings. The standard InChI is InChI=1S/C16H18FNO3/c1-18(14-7-9-21-11-14)16(20)15-6-5-13(17)10-12(15)4-2-3-8-19/h5-6,10,14,19H,3,7-9,11H2,1H3. The second kappa shape index (κ2) is 7.21. The van der Waals surface area contributed by atoms with E-state index < -0.39 is 5.82 Å². The maximum atomic E-state index is 13.4. The highest BCUT2D eigenvalue weighted by atomic mass is 19.1. The smallest absolute Gasteiger partial charge is 0.255 e. The molecule has 4 nitrogen and oxygen atoms in total. The van der Waals surface area contributed by atoms with Gasteiger partial charge in [0.05, 0.1) is 24.8 Å². The van der Waals surface area contributed by atoms with Crippen LogP contribution < -0.4 is 0 Å². The highest BCUT2D eigenvalue weighted by Gasteiger charge is 2.26. The van der Waals surface area contributed by atoms with Gasteiger partial charge in [0, 0.05) is 25.6 Å². The number of hydrogen-bond acceptors (Lipinski definition) is 3. The van der Waals surface area contributed by atoms with Gasteiger partial charge in [0.15, 0.2) is 0 Å². The van der Waals surface area contributed by atoms with E-state index in [-0.39, 0.29) is 25.0 Å². The summed E-state index contributed by atoms with van der Waals surface area (Å²) in [4.78, 5) is 14.1. The van der Waals surface area contributed by atoms with Crippen LogP contribution in [0.2, 0.25) is 0 Å². The Morgan fingerprint density at radius 2 is 2.38 bits per heavy atom. The van der Waals surface area contributed by atoms with E-state index in [0.29, 0.717) is 24.3 Å². The average Bonchev–Trinajstić information content (AvgIpc) is 3.00. The molecule has 0 aromatic heterocycles. The van der Waals surface area contributed by atoms with Crippen molar-refractivity contribution in [3.05, 3.63) is 35.1 Å². The number of hydrogen-bond donors (Lipinski definition) is 1. The van der Waals surface area contributed by atoms with Crippen LogP contribution in [-0.2, 0) is 4.74 Å². The molecule has 1 aliphatic heterocycles. The zero-order valence-corrected chi connectivity index (χ0v) is 11.9. The van der Waals surface area contributed by atoms with Crippen molar-refractivity contribution < 1.29 is 19.0 Å². The SMILES string of the molecule is CN(C(=O)c1ccc(F)cc1C#CCCO)C1CCOC1. The van der Waals surface area contributed by atoms with Crippen molar-refractivity contribution in [3.8, 4) is 11.8 Å². The van der Waals surface area contributed by atoms with Crippen molar-refractivity contribution in [2.75, 3.05) is 26.9 Å². The summed E-state index contributed by atoms with van der Waals surface area (Å²) in [5, 5.41) is 8.74. The number of carbonyl (C=O) groups is 1. The number of ether oxygens (including phenoxy) is 1. The fourth-order valence-electron chi connectivity index (χ4n) is 2.20. The molecule has 1 N–H and O–H groups in total. The van der Waals surface area contributed by atoms with Crippen molar-refractivity contribution in [1.82, 2.24) is 4.90 Å². The van der Waals surface area contributed by atoms with E-state index in [1.807, 2.05) is 0 Å². The van der Waals surface area contributed by atoms with Crippen LogP contribution in [0.4, 0.5) is 4.39 Å². The van der Waals surface area contributed by atoms with Gasteiger partial charge in [0.1, 0.15) is 5.82 Å². The minimum Gasteiger partial charge on any atom is -0.395 e. The van der Waals surface area contributed by atoms with Crippen LogP contribution in [-0.4, -0.2) is 48.8 Å². The minimum absolute atomic E-state index is 0.0424. The first-order valence-corrected chi connectivity index (χ1v) is 6.87. The first-order chi connectivity index (χ1) is 10.1. The van der Waals surface area contributed by atoms with Gasteiger partial charge in [-0.25, -0.2) is 4.39 Å². The Kier molecular flexibility index (Phi) is 5.32. The van der Waals surface area contributed by atoms with Crippen LogP contribution >= 0.6 is 0 Å². The topological polar surface area (TPSA) is 49.8 Å².